The van der Waals surface area contributed by atoms with Gasteiger partial charge in [-0.15, -0.1) is 0 Å². The Bertz CT molecular complexity index is 1240. The largest absolute Gasteiger partial charge is 0.496 e. The topological polar surface area (TPSA) is 84.5 Å². The van der Waals surface area contributed by atoms with E-state index in [2.05, 4.69) is 30.0 Å². The smallest absolute Gasteiger partial charge is 0.261 e. The highest BCUT2D eigenvalue weighted by Crippen LogP contribution is 2.32. The number of nitrogens with one attached hydrogen (secondary N) is 2. The highest BCUT2D eigenvalue weighted by Gasteiger charge is 2.19. The van der Waals surface area contributed by atoms with Gasteiger partial charge in [0.2, 0.25) is 0 Å². The van der Waals surface area contributed by atoms with Crippen LogP contribution in [0.5, 0.6) is 5.75 Å². The second-order valence-corrected chi connectivity index (χ2v) is 9.98. The predicted molar refractivity (Wildman–Crippen MR) is 131 cm³/mol. The molecule has 0 saturated heterocycles. The van der Waals surface area contributed by atoms with Crippen LogP contribution in [0.2, 0.25) is 0 Å². The Balaban J connectivity index is 1.79. The molecule has 0 aromatic heterocycles. The normalized spacial score (nSPS) is 12.3. The number of anilines is 1. The number of hydrogen-bond donors (Lipinski definition) is 2. The van der Waals surface area contributed by atoms with Gasteiger partial charge in [0.1, 0.15) is 5.75 Å². The molecule has 3 aromatic rings. The Kier molecular flexibility index (Phi) is 7.43. The second-order valence-electron chi connectivity index (χ2n) is 8.30. The molecule has 0 spiro atoms. The van der Waals surface area contributed by atoms with Gasteiger partial charge in [0.15, 0.2) is 0 Å². The van der Waals surface area contributed by atoms with Gasteiger partial charge in [-0.3, -0.25) is 9.52 Å². The van der Waals surface area contributed by atoms with E-state index in [0.717, 1.165) is 22.4 Å². The van der Waals surface area contributed by atoms with Crippen LogP contribution < -0.4 is 14.8 Å². The van der Waals surface area contributed by atoms with Gasteiger partial charge in [0, 0.05) is 11.3 Å². The number of carbonyl (C=O) groups excluding carboxylic acids is 1. The van der Waals surface area contributed by atoms with Crippen LogP contribution in [0, 0.1) is 6.92 Å². The van der Waals surface area contributed by atoms with Gasteiger partial charge < -0.3 is 10.1 Å². The lowest BCUT2D eigenvalue weighted by Crippen LogP contribution is -2.27. The molecular formula is C26H30N2O4S. The van der Waals surface area contributed by atoms with E-state index in [4.69, 9.17) is 4.74 Å². The van der Waals surface area contributed by atoms with Crippen LogP contribution in [-0.2, 0) is 10.0 Å². The van der Waals surface area contributed by atoms with Crippen LogP contribution in [-0.4, -0.2) is 21.4 Å². The Morgan fingerprint density at radius 3 is 2.24 bits per heavy atom. The van der Waals surface area contributed by atoms with E-state index in [1.807, 2.05) is 19.9 Å². The molecule has 1 atom stereocenters. The fourth-order valence-electron chi connectivity index (χ4n) is 3.71. The molecule has 0 heterocycles. The Labute approximate surface area is 196 Å². The summed E-state index contributed by atoms with van der Waals surface area (Å²) < 4.78 is 33.2. The molecule has 0 aliphatic heterocycles. The summed E-state index contributed by atoms with van der Waals surface area (Å²) in [7, 11) is -2.08. The van der Waals surface area contributed by atoms with E-state index in [1.54, 1.807) is 43.5 Å². The summed E-state index contributed by atoms with van der Waals surface area (Å²) in [6, 6.07) is 18.4. The summed E-state index contributed by atoms with van der Waals surface area (Å²) in [5.41, 5.74) is 3.80. The van der Waals surface area contributed by atoms with E-state index >= 15 is 0 Å². The molecule has 3 rings (SSSR count). The lowest BCUT2D eigenvalue weighted by molar-refractivity contribution is 0.0940. The van der Waals surface area contributed by atoms with E-state index < -0.39 is 10.0 Å². The molecule has 33 heavy (non-hydrogen) atoms. The highest BCUT2D eigenvalue weighted by molar-refractivity contribution is 7.92. The zero-order chi connectivity index (χ0) is 24.2. The maximum atomic E-state index is 13.0. The molecule has 2 N–H and O–H groups in total. The average Bonchev–Trinajstić information content (AvgIpc) is 2.79. The summed E-state index contributed by atoms with van der Waals surface area (Å²) >= 11 is 0. The molecule has 0 saturated carbocycles. The first kappa shape index (κ1) is 24.3. The van der Waals surface area contributed by atoms with Crippen LogP contribution >= 0.6 is 0 Å². The van der Waals surface area contributed by atoms with Crippen molar-refractivity contribution in [3.63, 3.8) is 0 Å². The Morgan fingerprint density at radius 2 is 1.61 bits per heavy atom. The van der Waals surface area contributed by atoms with Crippen LogP contribution in [0.15, 0.2) is 71.6 Å². The van der Waals surface area contributed by atoms with Crippen molar-refractivity contribution in [1.29, 1.82) is 0 Å². The molecular weight excluding hydrogens is 436 g/mol. The molecule has 3 aromatic carbocycles. The van der Waals surface area contributed by atoms with E-state index in [-0.39, 0.29) is 22.8 Å². The Hall–Kier alpha value is -3.32. The fraction of sp³-hybridized carbons (Fsp3) is 0.269. The number of methoxy groups -OCH3 is 1. The zero-order valence-corrected chi connectivity index (χ0v) is 20.4. The van der Waals surface area contributed by atoms with Crippen molar-refractivity contribution in [1.82, 2.24) is 5.32 Å². The lowest BCUT2D eigenvalue weighted by Gasteiger charge is -2.21. The molecule has 0 aliphatic rings. The van der Waals surface area contributed by atoms with Crippen molar-refractivity contribution in [3.8, 4) is 5.75 Å². The molecule has 1 amide bonds. The summed E-state index contributed by atoms with van der Waals surface area (Å²) in [5.74, 6) is 0.823. The molecule has 174 valence electrons. The quantitative estimate of drug-likeness (QED) is 0.464. The standard InChI is InChI=1S/C26H30N2O4S/c1-17(2)23-16-24(18(3)14-25(23)32-5)19(4)27-26(29)20-10-9-11-21(15-20)28-33(30,31)22-12-7-6-8-13-22/h6-17,19,28H,1-5H3,(H,27,29)/t19-/m0/s1. The lowest BCUT2D eigenvalue weighted by atomic mass is 9.93. The second kappa shape index (κ2) is 10.1. The molecule has 0 aliphatic carbocycles. The van der Waals surface area contributed by atoms with Crippen molar-refractivity contribution < 1.29 is 17.9 Å². The molecule has 6 nitrogen and oxygen atoms in total. The van der Waals surface area contributed by atoms with E-state index in [9.17, 15) is 13.2 Å². The minimum Gasteiger partial charge on any atom is -0.496 e. The van der Waals surface area contributed by atoms with Crippen LogP contribution in [0.3, 0.4) is 0 Å². The number of hydrogen-bond acceptors (Lipinski definition) is 4. The van der Waals surface area contributed by atoms with Crippen molar-refractivity contribution in [3.05, 3.63) is 89.0 Å². The van der Waals surface area contributed by atoms with Gasteiger partial charge in [-0.1, -0.05) is 38.1 Å². The third-order valence-corrected chi connectivity index (χ3v) is 6.88. The van der Waals surface area contributed by atoms with Crippen LogP contribution in [0.25, 0.3) is 0 Å². The summed E-state index contributed by atoms with van der Waals surface area (Å²) in [6.45, 7) is 8.12. The monoisotopic (exact) mass is 466 g/mol. The maximum Gasteiger partial charge on any atom is 0.261 e. The fourth-order valence-corrected chi connectivity index (χ4v) is 4.78. The third-order valence-electron chi connectivity index (χ3n) is 5.48. The van der Waals surface area contributed by atoms with Crippen molar-refractivity contribution in [2.45, 2.75) is 44.6 Å². The zero-order valence-electron chi connectivity index (χ0n) is 19.5. The maximum absolute atomic E-state index is 13.0. The number of carbonyl (C=O) groups is 1. The summed E-state index contributed by atoms with van der Waals surface area (Å²) in [6.07, 6.45) is 0. The first-order valence-electron chi connectivity index (χ1n) is 10.8. The minimum absolute atomic E-state index is 0.157. The minimum atomic E-state index is -3.74. The van der Waals surface area contributed by atoms with Gasteiger partial charge in [0.05, 0.1) is 18.0 Å². The van der Waals surface area contributed by atoms with Gasteiger partial charge in [-0.2, -0.15) is 0 Å². The van der Waals surface area contributed by atoms with Crippen molar-refractivity contribution in [2.75, 3.05) is 11.8 Å². The number of sulfonamides is 1. The third kappa shape index (κ3) is 5.73. The number of rotatable bonds is 8. The van der Waals surface area contributed by atoms with Gasteiger partial charge in [-0.05, 0) is 78.9 Å². The van der Waals surface area contributed by atoms with Crippen molar-refractivity contribution in [2.24, 2.45) is 0 Å². The molecule has 0 unspecified atom stereocenters. The van der Waals surface area contributed by atoms with E-state index in [0.29, 0.717) is 11.3 Å². The summed E-state index contributed by atoms with van der Waals surface area (Å²) in [5, 5.41) is 3.02. The number of amides is 1. The predicted octanol–water partition coefficient (Wildman–Crippen LogP) is 5.42. The molecule has 0 radical (unpaired) electrons. The molecule has 7 heteroatoms. The van der Waals surface area contributed by atoms with Crippen LogP contribution in [0.4, 0.5) is 5.69 Å². The van der Waals surface area contributed by atoms with Gasteiger partial charge >= 0.3 is 0 Å². The van der Waals surface area contributed by atoms with Crippen LogP contribution in [0.1, 0.15) is 59.8 Å². The van der Waals surface area contributed by atoms with Gasteiger partial charge in [-0.25, -0.2) is 8.42 Å². The van der Waals surface area contributed by atoms with E-state index in [1.165, 1.54) is 18.2 Å². The number of benzene rings is 3. The number of ether oxygens (including phenoxy) is 1. The SMILES string of the molecule is COc1cc(C)c([C@H](C)NC(=O)c2cccc(NS(=O)(=O)c3ccccc3)c2)cc1C(C)C. The van der Waals surface area contributed by atoms with Gasteiger partial charge in [0.25, 0.3) is 15.9 Å². The van der Waals surface area contributed by atoms with Crippen molar-refractivity contribution >= 4 is 21.6 Å². The molecule has 0 fully saturated rings. The average molecular weight is 467 g/mol. The molecule has 0 bridgehead atoms. The summed E-state index contributed by atoms with van der Waals surface area (Å²) in [4.78, 5) is 13.1. The number of aryl methyl sites for hydroxylation is 1. The Morgan fingerprint density at radius 1 is 0.909 bits per heavy atom. The highest BCUT2D eigenvalue weighted by atomic mass is 32.2. The first-order valence-corrected chi connectivity index (χ1v) is 12.3. The first-order chi connectivity index (χ1) is 15.6.